The molecule has 0 unspecified atom stereocenters. The number of hydrogen-bond acceptors (Lipinski definition) is 3. The van der Waals surface area contributed by atoms with Crippen molar-refractivity contribution in [3.63, 3.8) is 0 Å². The summed E-state index contributed by atoms with van der Waals surface area (Å²) in [5, 5.41) is 1.23. The maximum atomic E-state index is 12.7. The van der Waals surface area contributed by atoms with Gasteiger partial charge in [-0.25, -0.2) is 4.79 Å². The maximum absolute atomic E-state index is 12.7. The van der Waals surface area contributed by atoms with E-state index in [1.54, 1.807) is 24.3 Å². The number of hydrogen-bond donors (Lipinski definition) is 0. The molecule has 1 heterocycles. The van der Waals surface area contributed by atoms with Crippen molar-refractivity contribution in [1.82, 2.24) is 9.80 Å². The number of ether oxygens (including phenoxy) is 1. The Hall–Kier alpha value is -2.86. The molecular formula is C24H21Cl2N3O2. The van der Waals surface area contributed by atoms with Crippen LogP contribution >= 0.6 is 23.2 Å². The van der Waals surface area contributed by atoms with Crippen LogP contribution in [0.5, 0.6) is 5.75 Å². The van der Waals surface area contributed by atoms with Crippen molar-refractivity contribution in [1.29, 1.82) is 0 Å². The van der Waals surface area contributed by atoms with Crippen molar-refractivity contribution in [3.05, 3.63) is 100 Å². The molecule has 0 aliphatic carbocycles. The SMILES string of the molecule is CN1C(=NC(=O)Oc2ccccc2)[C@@H](c2ccccc2Cl)N(C)[C@@H]1c1ccccc1Cl. The van der Waals surface area contributed by atoms with Gasteiger partial charge in [0.1, 0.15) is 17.8 Å². The minimum atomic E-state index is -0.696. The molecule has 0 N–H and O–H groups in total. The maximum Gasteiger partial charge on any atom is 0.440 e. The molecule has 1 saturated heterocycles. The highest BCUT2D eigenvalue weighted by Crippen LogP contribution is 2.43. The van der Waals surface area contributed by atoms with Gasteiger partial charge in [0.05, 0.1) is 6.04 Å². The van der Waals surface area contributed by atoms with Gasteiger partial charge in [-0.1, -0.05) is 77.8 Å². The fraction of sp³-hybridized carbons (Fsp3) is 0.167. The number of nitrogens with zero attached hydrogens (tertiary/aromatic N) is 3. The third kappa shape index (κ3) is 4.30. The first-order valence-corrected chi connectivity index (χ1v) is 10.5. The summed E-state index contributed by atoms with van der Waals surface area (Å²) in [6.45, 7) is 0. The summed E-state index contributed by atoms with van der Waals surface area (Å²) in [6, 6.07) is 23.7. The molecular weight excluding hydrogens is 433 g/mol. The highest BCUT2D eigenvalue weighted by molar-refractivity contribution is 6.32. The standard InChI is InChI=1S/C24H21Cl2N3O2/c1-28-21(17-12-6-8-14-19(17)25)22(27-24(30)31-16-10-4-3-5-11-16)29(2)23(28)18-13-7-9-15-20(18)26/h3-15,21,23H,1-2H3/t21-,23+/m1/s1. The fourth-order valence-electron chi connectivity index (χ4n) is 3.93. The van der Waals surface area contributed by atoms with E-state index in [1.807, 2.05) is 73.6 Å². The monoisotopic (exact) mass is 453 g/mol. The van der Waals surface area contributed by atoms with E-state index >= 15 is 0 Å². The van der Waals surface area contributed by atoms with Gasteiger partial charge in [-0.3, -0.25) is 4.90 Å². The van der Waals surface area contributed by atoms with E-state index in [9.17, 15) is 4.79 Å². The predicted molar refractivity (Wildman–Crippen MR) is 124 cm³/mol. The number of amidine groups is 1. The second-order valence-corrected chi connectivity index (χ2v) is 8.06. The lowest BCUT2D eigenvalue weighted by atomic mass is 10.1. The first-order valence-electron chi connectivity index (χ1n) is 9.76. The molecule has 4 rings (SSSR count). The van der Waals surface area contributed by atoms with Crippen molar-refractivity contribution in [2.45, 2.75) is 12.2 Å². The van der Waals surface area contributed by atoms with Crippen LogP contribution in [-0.4, -0.2) is 35.8 Å². The van der Waals surface area contributed by atoms with Crippen LogP contribution in [0.4, 0.5) is 4.79 Å². The Labute approximate surface area is 191 Å². The molecule has 3 aromatic rings. The van der Waals surface area contributed by atoms with Gasteiger partial charge in [-0.05, 0) is 36.9 Å². The smallest absolute Gasteiger partial charge is 0.409 e. The van der Waals surface area contributed by atoms with Crippen LogP contribution in [0.3, 0.4) is 0 Å². The van der Waals surface area contributed by atoms with Gasteiger partial charge in [-0.2, -0.15) is 4.99 Å². The topological polar surface area (TPSA) is 45.1 Å². The molecule has 3 aromatic carbocycles. The number of rotatable bonds is 3. The second kappa shape index (κ2) is 9.10. The molecule has 0 spiro atoms. The number of halogens is 2. The zero-order chi connectivity index (χ0) is 22.0. The van der Waals surface area contributed by atoms with Crippen LogP contribution in [0.25, 0.3) is 0 Å². The van der Waals surface area contributed by atoms with Crippen molar-refractivity contribution in [2.24, 2.45) is 4.99 Å². The van der Waals surface area contributed by atoms with Crippen molar-refractivity contribution in [2.75, 3.05) is 14.1 Å². The molecule has 0 aromatic heterocycles. The molecule has 1 aliphatic heterocycles. The van der Waals surface area contributed by atoms with E-state index in [4.69, 9.17) is 27.9 Å². The third-order valence-electron chi connectivity index (χ3n) is 5.30. The number of amides is 1. The van der Waals surface area contributed by atoms with Gasteiger partial charge < -0.3 is 9.64 Å². The number of aliphatic imine (C=N–C) groups is 1. The Balaban J connectivity index is 1.77. The van der Waals surface area contributed by atoms with Crippen LogP contribution < -0.4 is 4.74 Å². The minimum absolute atomic E-state index is 0.238. The summed E-state index contributed by atoms with van der Waals surface area (Å²) >= 11 is 13.0. The van der Waals surface area contributed by atoms with E-state index in [0.29, 0.717) is 21.6 Å². The van der Waals surface area contributed by atoms with Gasteiger partial charge in [0.2, 0.25) is 0 Å². The first kappa shape index (κ1) is 21.4. The largest absolute Gasteiger partial charge is 0.440 e. The van der Waals surface area contributed by atoms with E-state index in [0.717, 1.165) is 11.1 Å². The second-order valence-electron chi connectivity index (χ2n) is 7.25. The molecule has 1 fully saturated rings. The lowest BCUT2D eigenvalue weighted by molar-refractivity contribution is 0.176. The van der Waals surface area contributed by atoms with Crippen LogP contribution in [0.2, 0.25) is 10.0 Å². The van der Waals surface area contributed by atoms with E-state index in [2.05, 4.69) is 9.89 Å². The number of carbonyl (C=O) groups excluding carboxylic acids is 1. The van der Waals surface area contributed by atoms with Crippen LogP contribution in [0.1, 0.15) is 23.3 Å². The number of benzene rings is 3. The van der Waals surface area contributed by atoms with Gasteiger partial charge in [0.15, 0.2) is 0 Å². The van der Waals surface area contributed by atoms with E-state index in [-0.39, 0.29) is 12.2 Å². The lowest BCUT2D eigenvalue weighted by Gasteiger charge is -2.28. The third-order valence-corrected chi connectivity index (χ3v) is 5.99. The predicted octanol–water partition coefficient (Wildman–Crippen LogP) is 6.21. The van der Waals surface area contributed by atoms with Gasteiger partial charge >= 0.3 is 6.09 Å². The molecule has 5 nitrogen and oxygen atoms in total. The van der Waals surface area contributed by atoms with Gasteiger partial charge in [0, 0.05) is 22.7 Å². The molecule has 0 radical (unpaired) electrons. The van der Waals surface area contributed by atoms with Crippen LogP contribution in [-0.2, 0) is 0 Å². The lowest BCUT2D eigenvalue weighted by Crippen LogP contribution is -2.27. The number of carbonyl (C=O) groups is 1. The summed E-state index contributed by atoms with van der Waals surface area (Å²) in [6.07, 6.45) is -0.934. The number of likely N-dealkylation sites (N-methyl/N-ethyl adjacent to an activating group) is 2. The summed E-state index contributed by atoms with van der Waals surface area (Å²) in [5.41, 5.74) is 1.76. The molecule has 0 bridgehead atoms. The van der Waals surface area contributed by atoms with Crippen molar-refractivity contribution >= 4 is 35.1 Å². The van der Waals surface area contributed by atoms with Crippen LogP contribution in [0, 0.1) is 0 Å². The van der Waals surface area contributed by atoms with Crippen LogP contribution in [0.15, 0.2) is 83.9 Å². The van der Waals surface area contributed by atoms with E-state index < -0.39 is 6.09 Å². The Morgan fingerprint density at radius 3 is 2.00 bits per heavy atom. The first-order chi connectivity index (χ1) is 15.0. The molecule has 31 heavy (non-hydrogen) atoms. The highest BCUT2D eigenvalue weighted by atomic mass is 35.5. The van der Waals surface area contributed by atoms with E-state index in [1.165, 1.54) is 0 Å². The Bertz CT molecular complexity index is 1120. The Kier molecular flexibility index (Phi) is 6.28. The molecule has 1 aliphatic rings. The average molecular weight is 454 g/mol. The molecule has 2 atom stereocenters. The van der Waals surface area contributed by atoms with Gasteiger partial charge in [-0.15, -0.1) is 0 Å². The molecule has 158 valence electrons. The normalized spacial score (nSPS) is 20.3. The average Bonchev–Trinajstić information content (AvgIpc) is 2.99. The molecule has 7 heteroatoms. The summed E-state index contributed by atoms with van der Waals surface area (Å²) in [5.74, 6) is 0.962. The number of para-hydroxylation sites is 1. The fourth-order valence-corrected chi connectivity index (χ4v) is 4.40. The summed E-state index contributed by atoms with van der Waals surface area (Å²) in [7, 11) is 3.85. The quantitative estimate of drug-likeness (QED) is 0.472. The Morgan fingerprint density at radius 1 is 0.839 bits per heavy atom. The minimum Gasteiger partial charge on any atom is -0.409 e. The molecule has 1 amide bonds. The summed E-state index contributed by atoms with van der Waals surface area (Å²) < 4.78 is 5.41. The van der Waals surface area contributed by atoms with Crippen molar-refractivity contribution < 1.29 is 9.53 Å². The highest BCUT2D eigenvalue weighted by Gasteiger charge is 2.43. The zero-order valence-corrected chi connectivity index (χ0v) is 18.6. The van der Waals surface area contributed by atoms with Gasteiger partial charge in [0.25, 0.3) is 0 Å². The zero-order valence-electron chi connectivity index (χ0n) is 17.1. The Morgan fingerprint density at radius 2 is 1.39 bits per heavy atom. The van der Waals surface area contributed by atoms with Crippen molar-refractivity contribution in [3.8, 4) is 5.75 Å². The molecule has 0 saturated carbocycles. The summed E-state index contributed by atoms with van der Waals surface area (Å²) in [4.78, 5) is 21.1.